The van der Waals surface area contributed by atoms with E-state index >= 15 is 0 Å². The van der Waals surface area contributed by atoms with Crippen LogP contribution in [0.5, 0.6) is 5.75 Å². The molecule has 0 saturated heterocycles. The Hall–Kier alpha value is -3.41. The van der Waals surface area contributed by atoms with E-state index in [2.05, 4.69) is 15.6 Å². The van der Waals surface area contributed by atoms with Gasteiger partial charge in [0.05, 0.1) is 12.8 Å². The number of rotatable bonds is 6. The van der Waals surface area contributed by atoms with Crippen molar-refractivity contribution >= 4 is 17.4 Å². The average molecular weight is 351 g/mol. The molecule has 3 aromatic rings. The molecular formula is C20H18FN3O2. The highest BCUT2D eigenvalue weighted by atomic mass is 19.1. The third-order valence-corrected chi connectivity index (χ3v) is 3.80. The summed E-state index contributed by atoms with van der Waals surface area (Å²) in [5, 5.41) is 5.72. The van der Waals surface area contributed by atoms with Crippen LogP contribution in [-0.2, 0) is 6.54 Å². The number of para-hydroxylation sites is 2. The van der Waals surface area contributed by atoms with Crippen molar-refractivity contribution in [1.82, 2.24) is 4.98 Å². The van der Waals surface area contributed by atoms with E-state index in [4.69, 9.17) is 4.74 Å². The number of halogens is 1. The Labute approximate surface area is 150 Å². The lowest BCUT2D eigenvalue weighted by Gasteiger charge is -2.11. The summed E-state index contributed by atoms with van der Waals surface area (Å²) in [6.45, 7) is 0.495. The highest BCUT2D eigenvalue weighted by molar-refractivity contribution is 6.04. The topological polar surface area (TPSA) is 63.2 Å². The highest BCUT2D eigenvalue weighted by Gasteiger charge is 2.10. The lowest BCUT2D eigenvalue weighted by molar-refractivity contribution is 0.102. The maximum atomic E-state index is 13.7. The molecule has 1 aromatic heterocycles. The van der Waals surface area contributed by atoms with Crippen molar-refractivity contribution in [2.75, 3.05) is 17.7 Å². The van der Waals surface area contributed by atoms with Crippen molar-refractivity contribution in [2.24, 2.45) is 0 Å². The zero-order valence-corrected chi connectivity index (χ0v) is 14.2. The van der Waals surface area contributed by atoms with Gasteiger partial charge in [-0.3, -0.25) is 4.79 Å². The number of carbonyl (C=O) groups excluding carboxylic acids is 1. The summed E-state index contributed by atoms with van der Waals surface area (Å²) in [6, 6.07) is 16.9. The van der Waals surface area contributed by atoms with E-state index in [0.29, 0.717) is 17.9 Å². The fourth-order valence-electron chi connectivity index (χ4n) is 2.46. The molecule has 0 saturated carbocycles. The Morgan fingerprint density at radius 1 is 1.12 bits per heavy atom. The monoisotopic (exact) mass is 351 g/mol. The molecule has 1 heterocycles. The fourth-order valence-corrected chi connectivity index (χ4v) is 2.46. The molecule has 0 unspecified atom stereocenters. The minimum Gasteiger partial charge on any atom is -0.496 e. The first kappa shape index (κ1) is 17.4. The van der Waals surface area contributed by atoms with Crippen LogP contribution in [0.15, 0.2) is 66.9 Å². The second-order valence-electron chi connectivity index (χ2n) is 5.53. The Kier molecular flexibility index (Phi) is 5.43. The Bertz CT molecular complexity index is 915. The standard InChI is InChI=1S/C20H18FN3O2/c1-26-18-9-5-2-6-15(18)13-23-19-12-14(10-11-22-19)20(25)24-17-8-4-3-7-16(17)21/h2-12H,13H2,1H3,(H,22,23)(H,24,25). The van der Waals surface area contributed by atoms with Gasteiger partial charge in [0.2, 0.25) is 0 Å². The number of hydrogen-bond donors (Lipinski definition) is 2. The number of ether oxygens (including phenoxy) is 1. The normalized spacial score (nSPS) is 10.2. The van der Waals surface area contributed by atoms with E-state index in [1.165, 1.54) is 18.3 Å². The summed E-state index contributed by atoms with van der Waals surface area (Å²) in [5.74, 6) is 0.424. The van der Waals surface area contributed by atoms with Gasteiger partial charge in [-0.1, -0.05) is 30.3 Å². The molecule has 0 aliphatic carbocycles. The second-order valence-corrected chi connectivity index (χ2v) is 5.53. The van der Waals surface area contributed by atoms with Crippen molar-refractivity contribution < 1.29 is 13.9 Å². The molecule has 2 N–H and O–H groups in total. The van der Waals surface area contributed by atoms with Crippen LogP contribution in [0.25, 0.3) is 0 Å². The van der Waals surface area contributed by atoms with Gasteiger partial charge in [-0.05, 0) is 30.3 Å². The number of anilines is 2. The average Bonchev–Trinajstić information content (AvgIpc) is 2.68. The first-order valence-electron chi connectivity index (χ1n) is 8.05. The SMILES string of the molecule is COc1ccccc1CNc1cc(C(=O)Nc2ccccc2F)ccn1. The van der Waals surface area contributed by atoms with Crippen molar-refractivity contribution in [1.29, 1.82) is 0 Å². The largest absolute Gasteiger partial charge is 0.496 e. The summed E-state index contributed by atoms with van der Waals surface area (Å²) in [4.78, 5) is 16.6. The number of nitrogens with one attached hydrogen (secondary N) is 2. The smallest absolute Gasteiger partial charge is 0.255 e. The first-order valence-corrected chi connectivity index (χ1v) is 8.05. The van der Waals surface area contributed by atoms with E-state index in [9.17, 15) is 9.18 Å². The second kappa shape index (κ2) is 8.11. The molecule has 5 nitrogen and oxygen atoms in total. The lowest BCUT2D eigenvalue weighted by Crippen LogP contribution is -2.13. The molecule has 0 fully saturated rings. The molecule has 1 amide bonds. The summed E-state index contributed by atoms with van der Waals surface area (Å²) < 4.78 is 19.0. The highest BCUT2D eigenvalue weighted by Crippen LogP contribution is 2.19. The van der Waals surface area contributed by atoms with Gasteiger partial charge < -0.3 is 15.4 Å². The van der Waals surface area contributed by atoms with Crippen LogP contribution in [0.3, 0.4) is 0 Å². The molecule has 26 heavy (non-hydrogen) atoms. The van der Waals surface area contributed by atoms with Crippen LogP contribution < -0.4 is 15.4 Å². The van der Waals surface area contributed by atoms with Crippen LogP contribution in [0, 0.1) is 5.82 Å². The molecular weight excluding hydrogens is 333 g/mol. The van der Waals surface area contributed by atoms with Gasteiger partial charge in [0.1, 0.15) is 17.4 Å². The number of benzene rings is 2. The predicted octanol–water partition coefficient (Wildman–Crippen LogP) is 4.09. The summed E-state index contributed by atoms with van der Waals surface area (Å²) >= 11 is 0. The van der Waals surface area contributed by atoms with E-state index in [-0.39, 0.29) is 5.69 Å². The van der Waals surface area contributed by atoms with E-state index < -0.39 is 11.7 Å². The molecule has 0 spiro atoms. The third kappa shape index (κ3) is 4.16. The zero-order valence-electron chi connectivity index (χ0n) is 14.2. The van der Waals surface area contributed by atoms with Gasteiger partial charge in [0.25, 0.3) is 5.91 Å². The van der Waals surface area contributed by atoms with Crippen molar-refractivity contribution in [3.05, 3.63) is 83.8 Å². The molecule has 3 rings (SSSR count). The molecule has 0 bridgehead atoms. The number of aromatic nitrogens is 1. The Morgan fingerprint density at radius 3 is 2.69 bits per heavy atom. The Morgan fingerprint density at radius 2 is 1.88 bits per heavy atom. The van der Waals surface area contributed by atoms with Crippen LogP contribution in [0.2, 0.25) is 0 Å². The maximum Gasteiger partial charge on any atom is 0.255 e. The van der Waals surface area contributed by atoms with Crippen molar-refractivity contribution in [3.8, 4) is 5.75 Å². The van der Waals surface area contributed by atoms with Crippen LogP contribution in [0.4, 0.5) is 15.9 Å². The predicted molar refractivity (Wildman–Crippen MR) is 98.9 cm³/mol. The number of methoxy groups -OCH3 is 1. The minimum absolute atomic E-state index is 0.137. The number of pyridine rings is 1. The molecule has 0 atom stereocenters. The van der Waals surface area contributed by atoms with Gasteiger partial charge in [0, 0.05) is 23.9 Å². The van der Waals surface area contributed by atoms with Gasteiger partial charge in [-0.15, -0.1) is 0 Å². The Balaban J connectivity index is 1.70. The number of hydrogen-bond acceptors (Lipinski definition) is 4. The number of nitrogens with zero attached hydrogens (tertiary/aromatic N) is 1. The lowest BCUT2D eigenvalue weighted by atomic mass is 10.2. The van der Waals surface area contributed by atoms with E-state index in [1.807, 2.05) is 24.3 Å². The van der Waals surface area contributed by atoms with Crippen molar-refractivity contribution in [2.45, 2.75) is 6.54 Å². The zero-order chi connectivity index (χ0) is 18.4. The molecule has 0 aliphatic rings. The van der Waals surface area contributed by atoms with E-state index in [0.717, 1.165) is 11.3 Å². The third-order valence-electron chi connectivity index (χ3n) is 3.80. The summed E-state index contributed by atoms with van der Waals surface area (Å²) in [5.41, 5.74) is 1.49. The van der Waals surface area contributed by atoms with Crippen LogP contribution in [-0.4, -0.2) is 18.0 Å². The summed E-state index contributed by atoms with van der Waals surface area (Å²) in [7, 11) is 1.62. The van der Waals surface area contributed by atoms with Gasteiger partial charge in [0.15, 0.2) is 0 Å². The van der Waals surface area contributed by atoms with Gasteiger partial charge in [-0.2, -0.15) is 0 Å². The van der Waals surface area contributed by atoms with Crippen LogP contribution >= 0.6 is 0 Å². The fraction of sp³-hybridized carbons (Fsp3) is 0.100. The number of amides is 1. The van der Waals surface area contributed by atoms with Gasteiger partial charge >= 0.3 is 0 Å². The minimum atomic E-state index is -0.482. The first-order chi connectivity index (χ1) is 12.7. The maximum absolute atomic E-state index is 13.7. The molecule has 6 heteroatoms. The molecule has 0 aliphatic heterocycles. The molecule has 0 radical (unpaired) electrons. The number of carbonyl (C=O) groups is 1. The molecule has 2 aromatic carbocycles. The van der Waals surface area contributed by atoms with E-state index in [1.54, 1.807) is 31.4 Å². The van der Waals surface area contributed by atoms with Crippen LogP contribution in [0.1, 0.15) is 15.9 Å². The van der Waals surface area contributed by atoms with Crippen molar-refractivity contribution in [3.63, 3.8) is 0 Å². The summed E-state index contributed by atoms with van der Waals surface area (Å²) in [6.07, 6.45) is 1.53. The quantitative estimate of drug-likeness (QED) is 0.702. The molecule has 132 valence electrons. The van der Waals surface area contributed by atoms with Gasteiger partial charge in [-0.25, -0.2) is 9.37 Å².